The zero-order valence-electron chi connectivity index (χ0n) is 18.2. The SMILES string of the molecule is Cc1cc(-c2noc(-c3noc4c3CCC(C)(C)C4)n2)cc(C)c1CCNCCO. The molecule has 0 aliphatic heterocycles. The van der Waals surface area contributed by atoms with Crippen LogP contribution >= 0.6 is 0 Å². The van der Waals surface area contributed by atoms with Crippen LogP contribution in [0.3, 0.4) is 0 Å². The lowest BCUT2D eigenvalue weighted by Gasteiger charge is -2.27. The van der Waals surface area contributed by atoms with E-state index in [4.69, 9.17) is 14.2 Å². The number of aromatic nitrogens is 3. The van der Waals surface area contributed by atoms with E-state index in [1.807, 2.05) is 0 Å². The van der Waals surface area contributed by atoms with E-state index < -0.39 is 0 Å². The van der Waals surface area contributed by atoms with E-state index in [1.165, 1.54) is 16.7 Å². The number of nitrogens with zero attached hydrogens (tertiary/aromatic N) is 3. The smallest absolute Gasteiger partial charge is 0.280 e. The molecule has 1 aliphatic carbocycles. The maximum atomic E-state index is 8.90. The predicted molar refractivity (Wildman–Crippen MR) is 114 cm³/mol. The highest BCUT2D eigenvalue weighted by atomic mass is 16.5. The zero-order valence-corrected chi connectivity index (χ0v) is 18.2. The lowest BCUT2D eigenvalue weighted by molar-refractivity contribution is 0.264. The second-order valence-electron chi connectivity index (χ2n) is 9.01. The van der Waals surface area contributed by atoms with Crippen LogP contribution in [0.25, 0.3) is 23.0 Å². The molecule has 2 N–H and O–H groups in total. The standard InChI is InChI=1S/C23H30N4O3/c1-14-11-16(12-15(2)17(14)6-8-24-9-10-28)21-25-22(30-27-21)20-18-5-7-23(3,4)13-19(18)29-26-20/h11-12,24,28H,5-10,13H2,1-4H3. The summed E-state index contributed by atoms with van der Waals surface area (Å²) in [5, 5.41) is 20.6. The van der Waals surface area contributed by atoms with Gasteiger partial charge in [-0.05, 0) is 73.9 Å². The van der Waals surface area contributed by atoms with Crippen molar-refractivity contribution in [2.45, 2.75) is 53.4 Å². The normalized spacial score (nSPS) is 15.4. The van der Waals surface area contributed by atoms with Crippen molar-refractivity contribution in [1.29, 1.82) is 0 Å². The molecular weight excluding hydrogens is 380 g/mol. The third-order valence-electron chi connectivity index (χ3n) is 5.98. The number of hydrogen-bond acceptors (Lipinski definition) is 7. The zero-order chi connectivity index (χ0) is 21.3. The van der Waals surface area contributed by atoms with Gasteiger partial charge in [0.2, 0.25) is 5.82 Å². The number of aliphatic hydroxyl groups excluding tert-OH is 1. The average molecular weight is 411 g/mol. The Kier molecular flexibility index (Phi) is 5.75. The third-order valence-corrected chi connectivity index (χ3v) is 5.98. The highest BCUT2D eigenvalue weighted by molar-refractivity contribution is 5.62. The van der Waals surface area contributed by atoms with Gasteiger partial charge in [0.15, 0.2) is 5.69 Å². The Hall–Kier alpha value is -2.51. The molecule has 0 fully saturated rings. The fourth-order valence-corrected chi connectivity index (χ4v) is 4.27. The molecule has 30 heavy (non-hydrogen) atoms. The molecule has 1 aliphatic rings. The molecule has 4 rings (SSSR count). The predicted octanol–water partition coefficient (Wildman–Crippen LogP) is 3.65. The van der Waals surface area contributed by atoms with E-state index in [0.717, 1.165) is 49.1 Å². The van der Waals surface area contributed by atoms with Crippen molar-refractivity contribution in [2.24, 2.45) is 5.41 Å². The van der Waals surface area contributed by atoms with Gasteiger partial charge in [0.25, 0.3) is 5.89 Å². The average Bonchev–Trinajstić information content (AvgIpc) is 3.32. The first kappa shape index (κ1) is 20.8. The maximum Gasteiger partial charge on any atom is 0.280 e. The first-order valence-electron chi connectivity index (χ1n) is 10.6. The van der Waals surface area contributed by atoms with Crippen LogP contribution in [-0.4, -0.2) is 40.1 Å². The van der Waals surface area contributed by atoms with Crippen LogP contribution < -0.4 is 5.32 Å². The van der Waals surface area contributed by atoms with Crippen LogP contribution in [0.5, 0.6) is 0 Å². The lowest BCUT2D eigenvalue weighted by atomic mass is 9.77. The summed E-state index contributed by atoms with van der Waals surface area (Å²) in [6.45, 7) is 10.3. The summed E-state index contributed by atoms with van der Waals surface area (Å²) in [5.74, 6) is 1.92. The van der Waals surface area contributed by atoms with E-state index in [-0.39, 0.29) is 12.0 Å². The van der Waals surface area contributed by atoms with E-state index in [0.29, 0.717) is 24.0 Å². The van der Waals surface area contributed by atoms with E-state index in [1.54, 1.807) is 0 Å². The molecule has 2 heterocycles. The third kappa shape index (κ3) is 4.18. The van der Waals surface area contributed by atoms with Gasteiger partial charge in [-0.15, -0.1) is 0 Å². The first-order chi connectivity index (χ1) is 14.4. The highest BCUT2D eigenvalue weighted by Crippen LogP contribution is 2.39. The summed E-state index contributed by atoms with van der Waals surface area (Å²) in [5.41, 5.74) is 6.65. The number of nitrogens with one attached hydrogen (secondary N) is 1. The summed E-state index contributed by atoms with van der Waals surface area (Å²) in [4.78, 5) is 4.63. The number of benzene rings is 1. The molecule has 0 amide bonds. The maximum absolute atomic E-state index is 8.90. The van der Waals surface area contributed by atoms with Crippen molar-refractivity contribution in [3.8, 4) is 23.0 Å². The van der Waals surface area contributed by atoms with E-state index in [2.05, 4.69) is 60.4 Å². The summed E-state index contributed by atoms with van der Waals surface area (Å²) >= 11 is 0. The molecule has 7 heteroatoms. The highest BCUT2D eigenvalue weighted by Gasteiger charge is 2.32. The fraction of sp³-hybridized carbons (Fsp3) is 0.522. The molecule has 1 aromatic carbocycles. The molecule has 0 bridgehead atoms. The molecule has 160 valence electrons. The van der Waals surface area contributed by atoms with Gasteiger partial charge in [0.1, 0.15) is 5.76 Å². The molecule has 0 spiro atoms. The van der Waals surface area contributed by atoms with Crippen LogP contribution in [0.4, 0.5) is 0 Å². The molecule has 0 saturated heterocycles. The van der Waals surface area contributed by atoms with Crippen molar-refractivity contribution >= 4 is 0 Å². The summed E-state index contributed by atoms with van der Waals surface area (Å²) in [7, 11) is 0. The van der Waals surface area contributed by atoms with Gasteiger partial charge < -0.3 is 19.5 Å². The molecule has 0 atom stereocenters. The first-order valence-corrected chi connectivity index (χ1v) is 10.6. The Morgan fingerprint density at radius 2 is 1.87 bits per heavy atom. The van der Waals surface area contributed by atoms with Crippen molar-refractivity contribution in [1.82, 2.24) is 20.6 Å². The molecule has 0 unspecified atom stereocenters. The van der Waals surface area contributed by atoms with Crippen molar-refractivity contribution in [3.63, 3.8) is 0 Å². The van der Waals surface area contributed by atoms with Crippen LogP contribution in [-0.2, 0) is 19.3 Å². The number of fused-ring (bicyclic) bond motifs is 1. The Bertz CT molecular complexity index is 1010. The Morgan fingerprint density at radius 3 is 2.60 bits per heavy atom. The van der Waals surface area contributed by atoms with Crippen LogP contribution in [0.1, 0.15) is 48.3 Å². The molecule has 0 radical (unpaired) electrons. The minimum atomic E-state index is 0.156. The Balaban J connectivity index is 1.56. The lowest BCUT2D eigenvalue weighted by Crippen LogP contribution is -2.21. The van der Waals surface area contributed by atoms with Crippen molar-refractivity contribution in [3.05, 3.63) is 40.1 Å². The molecule has 2 aromatic heterocycles. The number of aryl methyl sites for hydroxylation is 2. The van der Waals surface area contributed by atoms with E-state index >= 15 is 0 Å². The van der Waals surface area contributed by atoms with Crippen LogP contribution in [0.2, 0.25) is 0 Å². The second-order valence-corrected chi connectivity index (χ2v) is 9.01. The van der Waals surface area contributed by atoms with Crippen molar-refractivity contribution in [2.75, 3.05) is 19.7 Å². The summed E-state index contributed by atoms with van der Waals surface area (Å²) in [6.07, 6.45) is 3.79. The Morgan fingerprint density at radius 1 is 1.10 bits per heavy atom. The monoisotopic (exact) mass is 410 g/mol. The van der Waals surface area contributed by atoms with Gasteiger partial charge in [-0.25, -0.2) is 0 Å². The van der Waals surface area contributed by atoms with Gasteiger partial charge in [0.05, 0.1) is 6.61 Å². The van der Waals surface area contributed by atoms with Crippen LogP contribution in [0, 0.1) is 19.3 Å². The summed E-state index contributed by atoms with van der Waals surface area (Å²) in [6, 6.07) is 4.20. The van der Waals surface area contributed by atoms with Gasteiger partial charge in [-0.3, -0.25) is 0 Å². The second kappa shape index (κ2) is 8.32. The molecule has 0 saturated carbocycles. The fourth-order valence-electron chi connectivity index (χ4n) is 4.27. The summed E-state index contributed by atoms with van der Waals surface area (Å²) < 4.78 is 11.2. The molecular formula is C23H30N4O3. The van der Waals surface area contributed by atoms with Crippen molar-refractivity contribution < 1.29 is 14.2 Å². The minimum Gasteiger partial charge on any atom is -0.395 e. The number of rotatable bonds is 7. The number of hydrogen-bond donors (Lipinski definition) is 2. The molecule has 7 nitrogen and oxygen atoms in total. The minimum absolute atomic E-state index is 0.156. The number of aliphatic hydroxyl groups is 1. The molecule has 3 aromatic rings. The van der Waals surface area contributed by atoms with Crippen LogP contribution in [0.15, 0.2) is 21.2 Å². The van der Waals surface area contributed by atoms with Gasteiger partial charge in [0, 0.05) is 24.1 Å². The van der Waals surface area contributed by atoms with Gasteiger partial charge in [-0.1, -0.05) is 24.2 Å². The largest absolute Gasteiger partial charge is 0.395 e. The topological polar surface area (TPSA) is 97.2 Å². The van der Waals surface area contributed by atoms with Gasteiger partial charge in [-0.2, -0.15) is 4.98 Å². The quantitative estimate of drug-likeness (QED) is 0.574. The van der Waals surface area contributed by atoms with E-state index in [9.17, 15) is 0 Å². The Labute approximate surface area is 176 Å². The van der Waals surface area contributed by atoms with Gasteiger partial charge >= 0.3 is 0 Å².